The molecule has 3 aromatic carbocycles. The van der Waals surface area contributed by atoms with E-state index in [2.05, 4.69) is 53.8 Å². The van der Waals surface area contributed by atoms with Crippen molar-refractivity contribution in [3.05, 3.63) is 76.8 Å². The standard InChI is InChI=1S/C22H20ClNO/c23-16-10-7-15(8-11-16)21-18-6-3-13-25-22(18)20-17-5-2-1-4-14(17)9-12-19(20)24-21/h1-2,4-5,7-12,18,21-22,24H,3,6,13H2/t18-,21-,22-/m0/s1. The molecule has 0 aromatic heterocycles. The van der Waals surface area contributed by atoms with Gasteiger partial charge in [-0.15, -0.1) is 0 Å². The maximum atomic E-state index is 6.33. The van der Waals surface area contributed by atoms with Gasteiger partial charge in [0.05, 0.1) is 12.1 Å². The van der Waals surface area contributed by atoms with Crippen LogP contribution in [0.5, 0.6) is 0 Å². The van der Waals surface area contributed by atoms with E-state index in [4.69, 9.17) is 16.3 Å². The largest absolute Gasteiger partial charge is 0.378 e. The summed E-state index contributed by atoms with van der Waals surface area (Å²) in [5, 5.41) is 7.16. The fourth-order valence-corrected chi connectivity index (χ4v) is 4.57. The molecule has 0 bridgehead atoms. The first-order chi connectivity index (χ1) is 12.3. The summed E-state index contributed by atoms with van der Waals surface area (Å²) < 4.78 is 6.33. The molecular formula is C22H20ClNO. The van der Waals surface area contributed by atoms with Gasteiger partial charge in [0.1, 0.15) is 0 Å². The molecule has 0 unspecified atom stereocenters. The Morgan fingerprint density at radius 1 is 0.960 bits per heavy atom. The Morgan fingerprint density at radius 2 is 1.80 bits per heavy atom. The number of hydrogen-bond acceptors (Lipinski definition) is 2. The molecule has 2 aliphatic rings. The number of halogens is 1. The summed E-state index contributed by atoms with van der Waals surface area (Å²) in [6.07, 6.45) is 2.44. The fraction of sp³-hybridized carbons (Fsp3) is 0.273. The van der Waals surface area contributed by atoms with Crippen molar-refractivity contribution in [1.29, 1.82) is 0 Å². The number of anilines is 1. The molecule has 25 heavy (non-hydrogen) atoms. The van der Waals surface area contributed by atoms with E-state index in [1.54, 1.807) is 0 Å². The molecule has 2 nitrogen and oxygen atoms in total. The number of fused-ring (bicyclic) bond motifs is 5. The molecule has 0 spiro atoms. The Hall–Kier alpha value is -2.03. The van der Waals surface area contributed by atoms with Gasteiger partial charge >= 0.3 is 0 Å². The van der Waals surface area contributed by atoms with E-state index >= 15 is 0 Å². The van der Waals surface area contributed by atoms with Crippen LogP contribution in [0.25, 0.3) is 10.8 Å². The van der Waals surface area contributed by atoms with Crippen LogP contribution in [0.1, 0.15) is 36.1 Å². The zero-order valence-electron chi connectivity index (χ0n) is 13.9. The monoisotopic (exact) mass is 349 g/mol. The van der Waals surface area contributed by atoms with E-state index in [1.165, 1.54) is 34.0 Å². The summed E-state index contributed by atoms with van der Waals surface area (Å²) in [6, 6.07) is 21.5. The summed E-state index contributed by atoms with van der Waals surface area (Å²) in [5.74, 6) is 0.438. The fourth-order valence-electron chi connectivity index (χ4n) is 4.45. The number of benzene rings is 3. The summed E-state index contributed by atoms with van der Waals surface area (Å²) in [4.78, 5) is 0. The maximum absolute atomic E-state index is 6.33. The molecule has 1 saturated heterocycles. The lowest BCUT2D eigenvalue weighted by Gasteiger charge is -2.44. The quantitative estimate of drug-likeness (QED) is 0.570. The normalized spacial score (nSPS) is 25.1. The smallest absolute Gasteiger partial charge is 0.0901 e. The van der Waals surface area contributed by atoms with Gasteiger partial charge in [0.15, 0.2) is 0 Å². The molecule has 2 heterocycles. The second-order valence-electron chi connectivity index (χ2n) is 7.02. The van der Waals surface area contributed by atoms with Gasteiger partial charge in [-0.1, -0.05) is 54.1 Å². The minimum Gasteiger partial charge on any atom is -0.378 e. The van der Waals surface area contributed by atoms with Crippen molar-refractivity contribution in [2.24, 2.45) is 5.92 Å². The van der Waals surface area contributed by atoms with Crippen molar-refractivity contribution in [1.82, 2.24) is 0 Å². The minimum absolute atomic E-state index is 0.150. The van der Waals surface area contributed by atoms with Crippen molar-refractivity contribution in [3.8, 4) is 0 Å². The average molecular weight is 350 g/mol. The molecule has 3 aromatic rings. The first-order valence-electron chi connectivity index (χ1n) is 8.96. The van der Waals surface area contributed by atoms with Gasteiger partial charge in [-0.3, -0.25) is 0 Å². The topological polar surface area (TPSA) is 21.3 Å². The molecule has 2 aliphatic heterocycles. The molecule has 126 valence electrons. The molecule has 3 atom stereocenters. The molecule has 1 fully saturated rings. The number of hydrogen-bond donors (Lipinski definition) is 1. The van der Waals surface area contributed by atoms with Gasteiger partial charge in [0, 0.05) is 28.8 Å². The van der Waals surface area contributed by atoms with Gasteiger partial charge in [-0.2, -0.15) is 0 Å². The van der Waals surface area contributed by atoms with Crippen molar-refractivity contribution in [3.63, 3.8) is 0 Å². The molecule has 0 saturated carbocycles. The van der Waals surface area contributed by atoms with Crippen LogP contribution in [0.3, 0.4) is 0 Å². The zero-order valence-corrected chi connectivity index (χ0v) is 14.7. The van der Waals surface area contributed by atoms with Crippen molar-refractivity contribution in [2.75, 3.05) is 11.9 Å². The Kier molecular flexibility index (Phi) is 3.69. The van der Waals surface area contributed by atoms with Crippen LogP contribution in [0, 0.1) is 5.92 Å². The van der Waals surface area contributed by atoms with E-state index in [1.807, 2.05) is 12.1 Å². The van der Waals surface area contributed by atoms with E-state index in [0.29, 0.717) is 5.92 Å². The van der Waals surface area contributed by atoms with E-state index in [9.17, 15) is 0 Å². The third-order valence-electron chi connectivity index (χ3n) is 5.59. The van der Waals surface area contributed by atoms with Crippen LogP contribution in [-0.4, -0.2) is 6.61 Å². The van der Waals surface area contributed by atoms with Gasteiger partial charge in [-0.05, 0) is 47.4 Å². The SMILES string of the molecule is Clc1ccc([C@@H]2Nc3ccc4ccccc4c3[C@H]3OCCC[C@H]32)cc1. The Bertz CT molecular complexity index is 921. The molecular weight excluding hydrogens is 330 g/mol. The Labute approximate surface area is 152 Å². The van der Waals surface area contributed by atoms with Gasteiger partial charge in [0.25, 0.3) is 0 Å². The van der Waals surface area contributed by atoms with Crippen LogP contribution < -0.4 is 5.32 Å². The van der Waals surface area contributed by atoms with Gasteiger partial charge < -0.3 is 10.1 Å². The highest BCUT2D eigenvalue weighted by Gasteiger charge is 2.40. The third kappa shape index (κ3) is 2.52. The van der Waals surface area contributed by atoms with Crippen LogP contribution in [0.15, 0.2) is 60.7 Å². The van der Waals surface area contributed by atoms with Crippen LogP contribution in [0.2, 0.25) is 5.02 Å². The summed E-state index contributed by atoms with van der Waals surface area (Å²) in [6.45, 7) is 0.844. The van der Waals surface area contributed by atoms with Gasteiger partial charge in [0.2, 0.25) is 0 Å². The first kappa shape index (κ1) is 15.2. The molecule has 3 heteroatoms. The Morgan fingerprint density at radius 3 is 2.68 bits per heavy atom. The lowest BCUT2D eigenvalue weighted by atomic mass is 9.76. The van der Waals surface area contributed by atoms with Crippen molar-refractivity contribution >= 4 is 28.1 Å². The molecule has 1 N–H and O–H groups in total. The van der Waals surface area contributed by atoms with E-state index in [-0.39, 0.29) is 12.1 Å². The van der Waals surface area contributed by atoms with Crippen LogP contribution >= 0.6 is 11.6 Å². The zero-order chi connectivity index (χ0) is 16.8. The molecule has 5 rings (SSSR count). The first-order valence-corrected chi connectivity index (χ1v) is 9.34. The van der Waals surface area contributed by atoms with Crippen LogP contribution in [0.4, 0.5) is 5.69 Å². The highest BCUT2D eigenvalue weighted by atomic mass is 35.5. The van der Waals surface area contributed by atoms with Crippen molar-refractivity contribution in [2.45, 2.75) is 25.0 Å². The maximum Gasteiger partial charge on any atom is 0.0901 e. The van der Waals surface area contributed by atoms with E-state index < -0.39 is 0 Å². The molecule has 0 amide bonds. The lowest BCUT2D eigenvalue weighted by Crippen LogP contribution is -2.36. The Balaban J connectivity index is 1.66. The summed E-state index contributed by atoms with van der Waals surface area (Å²) >= 11 is 6.09. The highest BCUT2D eigenvalue weighted by Crippen LogP contribution is 2.51. The number of rotatable bonds is 1. The third-order valence-corrected chi connectivity index (χ3v) is 5.84. The number of nitrogens with one attached hydrogen (secondary N) is 1. The predicted molar refractivity (Wildman–Crippen MR) is 103 cm³/mol. The average Bonchev–Trinajstić information content (AvgIpc) is 2.67. The van der Waals surface area contributed by atoms with Gasteiger partial charge in [-0.25, -0.2) is 0 Å². The second kappa shape index (κ2) is 6.05. The minimum atomic E-state index is 0.150. The lowest BCUT2D eigenvalue weighted by molar-refractivity contribution is -0.0372. The van der Waals surface area contributed by atoms with Crippen LogP contribution in [-0.2, 0) is 4.74 Å². The second-order valence-corrected chi connectivity index (χ2v) is 7.46. The highest BCUT2D eigenvalue weighted by molar-refractivity contribution is 6.30. The number of ether oxygens (including phenoxy) is 1. The molecule has 0 radical (unpaired) electrons. The van der Waals surface area contributed by atoms with Crippen molar-refractivity contribution < 1.29 is 4.74 Å². The molecule has 0 aliphatic carbocycles. The summed E-state index contributed by atoms with van der Waals surface area (Å²) in [7, 11) is 0. The predicted octanol–water partition coefficient (Wildman–Crippen LogP) is 6.13. The summed E-state index contributed by atoms with van der Waals surface area (Å²) in [5.41, 5.74) is 3.80. The van der Waals surface area contributed by atoms with E-state index in [0.717, 1.165) is 18.1 Å².